The molecule has 1 heterocycles. The van der Waals surface area contributed by atoms with E-state index in [-0.39, 0.29) is 11.7 Å². The maximum atomic E-state index is 11.2. The molecule has 1 atom stereocenters. The van der Waals surface area contributed by atoms with Crippen molar-refractivity contribution < 1.29 is 9.53 Å². The third-order valence-corrected chi connectivity index (χ3v) is 2.01. The standard InChI is InChI=1S/C8H15NO2/c9-4-3-8(10)7-2-1-5-11-6-7/h7H,1-6,9H2. The number of hydrogen-bond acceptors (Lipinski definition) is 3. The summed E-state index contributed by atoms with van der Waals surface area (Å²) in [6.45, 7) is 1.89. The van der Waals surface area contributed by atoms with Crippen LogP contribution in [-0.2, 0) is 9.53 Å². The van der Waals surface area contributed by atoms with E-state index in [1.165, 1.54) is 0 Å². The largest absolute Gasteiger partial charge is 0.381 e. The molecule has 0 amide bonds. The maximum absolute atomic E-state index is 11.2. The summed E-state index contributed by atoms with van der Waals surface area (Å²) in [6.07, 6.45) is 2.51. The van der Waals surface area contributed by atoms with Gasteiger partial charge in [0.1, 0.15) is 5.78 Å². The lowest BCUT2D eigenvalue weighted by molar-refractivity contribution is -0.126. The van der Waals surface area contributed by atoms with E-state index in [0.29, 0.717) is 19.6 Å². The molecule has 3 nitrogen and oxygen atoms in total. The van der Waals surface area contributed by atoms with Crippen molar-refractivity contribution in [2.75, 3.05) is 19.8 Å². The highest BCUT2D eigenvalue weighted by Gasteiger charge is 2.20. The lowest BCUT2D eigenvalue weighted by Gasteiger charge is -2.20. The molecule has 1 aliphatic rings. The molecule has 1 aliphatic heterocycles. The maximum Gasteiger partial charge on any atom is 0.139 e. The van der Waals surface area contributed by atoms with Crippen LogP contribution in [0.25, 0.3) is 0 Å². The third kappa shape index (κ3) is 2.60. The van der Waals surface area contributed by atoms with Gasteiger partial charge >= 0.3 is 0 Å². The van der Waals surface area contributed by atoms with E-state index in [1.54, 1.807) is 0 Å². The fourth-order valence-electron chi connectivity index (χ4n) is 1.34. The number of Topliss-reactive ketones (excluding diaryl/α,β-unsaturated/α-hetero) is 1. The lowest BCUT2D eigenvalue weighted by Crippen LogP contribution is -2.26. The Balaban J connectivity index is 2.27. The van der Waals surface area contributed by atoms with Gasteiger partial charge in [0.15, 0.2) is 0 Å². The van der Waals surface area contributed by atoms with Crippen LogP contribution in [0.3, 0.4) is 0 Å². The van der Waals surface area contributed by atoms with Crippen molar-refractivity contribution in [3.8, 4) is 0 Å². The summed E-state index contributed by atoms with van der Waals surface area (Å²) in [5.74, 6) is 0.402. The van der Waals surface area contributed by atoms with E-state index < -0.39 is 0 Å². The van der Waals surface area contributed by atoms with Crippen molar-refractivity contribution in [2.45, 2.75) is 19.3 Å². The predicted octanol–water partition coefficient (Wildman–Crippen LogP) is 0.331. The number of ether oxygens (including phenoxy) is 1. The van der Waals surface area contributed by atoms with Gasteiger partial charge < -0.3 is 10.5 Å². The van der Waals surface area contributed by atoms with Crippen LogP contribution >= 0.6 is 0 Å². The highest BCUT2D eigenvalue weighted by molar-refractivity contribution is 5.81. The second kappa shape index (κ2) is 4.46. The van der Waals surface area contributed by atoms with Gasteiger partial charge in [0, 0.05) is 18.9 Å². The Labute approximate surface area is 66.9 Å². The normalized spacial score (nSPS) is 25.0. The van der Waals surface area contributed by atoms with Gasteiger partial charge in [-0.05, 0) is 19.4 Å². The highest BCUT2D eigenvalue weighted by Crippen LogP contribution is 2.15. The summed E-state index contributed by atoms with van der Waals surface area (Å²) in [4.78, 5) is 11.2. The second-order valence-corrected chi connectivity index (χ2v) is 2.92. The summed E-state index contributed by atoms with van der Waals surface area (Å²) in [7, 11) is 0. The first-order valence-corrected chi connectivity index (χ1v) is 4.15. The molecule has 0 saturated carbocycles. The summed E-state index contributed by atoms with van der Waals surface area (Å²) < 4.78 is 5.19. The van der Waals surface area contributed by atoms with Crippen molar-refractivity contribution >= 4 is 5.78 Å². The molecule has 1 fully saturated rings. The number of hydrogen-bond donors (Lipinski definition) is 1. The van der Waals surface area contributed by atoms with Crippen LogP contribution in [0.4, 0.5) is 0 Å². The molecule has 0 aliphatic carbocycles. The molecule has 0 aromatic rings. The summed E-state index contributed by atoms with van der Waals surface area (Å²) >= 11 is 0. The Kier molecular flexibility index (Phi) is 3.52. The Hall–Kier alpha value is -0.410. The molecular formula is C8H15NO2. The summed E-state index contributed by atoms with van der Waals surface area (Å²) in [5, 5.41) is 0. The van der Waals surface area contributed by atoms with Crippen molar-refractivity contribution in [3.63, 3.8) is 0 Å². The van der Waals surface area contributed by atoms with Crippen molar-refractivity contribution in [1.82, 2.24) is 0 Å². The minimum Gasteiger partial charge on any atom is -0.381 e. The van der Waals surface area contributed by atoms with Crippen LogP contribution in [0.2, 0.25) is 0 Å². The summed E-state index contributed by atoms with van der Waals surface area (Å²) in [6, 6.07) is 0. The van der Waals surface area contributed by atoms with E-state index in [1.807, 2.05) is 0 Å². The molecule has 1 rings (SSSR count). The number of ketones is 1. The molecule has 0 bridgehead atoms. The zero-order valence-corrected chi connectivity index (χ0v) is 6.71. The molecule has 1 saturated heterocycles. The molecule has 1 unspecified atom stereocenters. The highest BCUT2D eigenvalue weighted by atomic mass is 16.5. The zero-order valence-electron chi connectivity index (χ0n) is 6.71. The lowest BCUT2D eigenvalue weighted by atomic mass is 9.96. The van der Waals surface area contributed by atoms with Gasteiger partial charge in [0.2, 0.25) is 0 Å². The Morgan fingerprint density at radius 1 is 1.64 bits per heavy atom. The smallest absolute Gasteiger partial charge is 0.139 e. The quantitative estimate of drug-likeness (QED) is 0.642. The second-order valence-electron chi connectivity index (χ2n) is 2.92. The number of carbonyl (C=O) groups excluding carboxylic acids is 1. The van der Waals surface area contributed by atoms with Gasteiger partial charge in [-0.25, -0.2) is 0 Å². The topological polar surface area (TPSA) is 52.3 Å². The van der Waals surface area contributed by atoms with Gasteiger partial charge in [-0.3, -0.25) is 4.79 Å². The van der Waals surface area contributed by atoms with Gasteiger partial charge in [0.25, 0.3) is 0 Å². The average Bonchev–Trinajstić information content (AvgIpc) is 2.07. The van der Waals surface area contributed by atoms with Crippen molar-refractivity contribution in [2.24, 2.45) is 11.7 Å². The van der Waals surface area contributed by atoms with Gasteiger partial charge in [-0.15, -0.1) is 0 Å². The molecule has 3 heteroatoms. The Morgan fingerprint density at radius 3 is 3.00 bits per heavy atom. The number of carbonyl (C=O) groups is 1. The molecule has 0 radical (unpaired) electrons. The fraction of sp³-hybridized carbons (Fsp3) is 0.875. The van der Waals surface area contributed by atoms with Gasteiger partial charge in [0.05, 0.1) is 6.61 Å². The monoisotopic (exact) mass is 157 g/mol. The van der Waals surface area contributed by atoms with Crippen LogP contribution in [0.5, 0.6) is 0 Å². The average molecular weight is 157 g/mol. The first-order chi connectivity index (χ1) is 5.34. The van der Waals surface area contributed by atoms with E-state index in [0.717, 1.165) is 19.4 Å². The fourth-order valence-corrected chi connectivity index (χ4v) is 1.34. The minimum atomic E-state index is 0.132. The third-order valence-electron chi connectivity index (χ3n) is 2.01. The zero-order chi connectivity index (χ0) is 8.10. The molecular weight excluding hydrogens is 142 g/mol. The van der Waals surface area contributed by atoms with Crippen molar-refractivity contribution in [1.29, 1.82) is 0 Å². The SMILES string of the molecule is NCCC(=O)C1CCCOC1. The van der Waals surface area contributed by atoms with E-state index >= 15 is 0 Å². The van der Waals surface area contributed by atoms with Crippen LogP contribution in [0, 0.1) is 5.92 Å². The van der Waals surface area contributed by atoms with E-state index in [9.17, 15) is 4.79 Å². The molecule has 0 aromatic heterocycles. The van der Waals surface area contributed by atoms with Crippen LogP contribution in [0.15, 0.2) is 0 Å². The number of rotatable bonds is 3. The van der Waals surface area contributed by atoms with Crippen LogP contribution in [-0.4, -0.2) is 25.5 Å². The van der Waals surface area contributed by atoms with Crippen LogP contribution < -0.4 is 5.73 Å². The van der Waals surface area contributed by atoms with Crippen LogP contribution in [0.1, 0.15) is 19.3 Å². The molecule has 2 N–H and O–H groups in total. The minimum absolute atomic E-state index is 0.132. The molecule has 11 heavy (non-hydrogen) atoms. The number of nitrogens with two attached hydrogens (primary N) is 1. The van der Waals surface area contributed by atoms with E-state index in [4.69, 9.17) is 10.5 Å². The molecule has 64 valence electrons. The van der Waals surface area contributed by atoms with Gasteiger partial charge in [-0.2, -0.15) is 0 Å². The Bertz CT molecular complexity index is 130. The first kappa shape index (κ1) is 8.68. The van der Waals surface area contributed by atoms with E-state index in [2.05, 4.69) is 0 Å². The summed E-state index contributed by atoms with van der Waals surface area (Å²) in [5.41, 5.74) is 5.27. The Morgan fingerprint density at radius 2 is 2.45 bits per heavy atom. The molecule has 0 aromatic carbocycles. The van der Waals surface area contributed by atoms with Gasteiger partial charge in [-0.1, -0.05) is 0 Å². The first-order valence-electron chi connectivity index (χ1n) is 4.15. The van der Waals surface area contributed by atoms with Crippen molar-refractivity contribution in [3.05, 3.63) is 0 Å². The predicted molar refractivity (Wildman–Crippen MR) is 42.2 cm³/mol. The molecule has 0 spiro atoms.